The van der Waals surface area contributed by atoms with Crippen LogP contribution in [0, 0.1) is 0 Å². The molecule has 0 aliphatic carbocycles. The first-order chi connectivity index (χ1) is 9.31. The minimum absolute atomic E-state index is 0.176. The van der Waals surface area contributed by atoms with Gasteiger partial charge in [-0.05, 0) is 14.0 Å². The summed E-state index contributed by atoms with van der Waals surface area (Å²) in [5, 5.41) is 7.35. The quantitative estimate of drug-likeness (QED) is 0.709. The van der Waals surface area contributed by atoms with E-state index in [1.165, 1.54) is 0 Å². The average Bonchev–Trinajstić information content (AvgIpc) is 2.88. The van der Waals surface area contributed by atoms with Gasteiger partial charge >= 0.3 is 0 Å². The van der Waals surface area contributed by atoms with Crippen LogP contribution >= 0.6 is 0 Å². The van der Waals surface area contributed by atoms with Crippen molar-refractivity contribution < 1.29 is 14.0 Å². The summed E-state index contributed by atoms with van der Waals surface area (Å²) < 4.78 is 15.8. The molecular formula is C12H22N4O3. The van der Waals surface area contributed by atoms with Crippen LogP contribution in [0.15, 0.2) is 4.52 Å². The highest BCUT2D eigenvalue weighted by molar-refractivity contribution is 4.97. The van der Waals surface area contributed by atoms with E-state index in [-0.39, 0.29) is 6.04 Å². The van der Waals surface area contributed by atoms with Crippen molar-refractivity contribution in [3.05, 3.63) is 11.7 Å². The summed E-state index contributed by atoms with van der Waals surface area (Å²) >= 11 is 0. The van der Waals surface area contributed by atoms with E-state index >= 15 is 0 Å². The second kappa shape index (κ2) is 7.54. The van der Waals surface area contributed by atoms with Crippen molar-refractivity contribution in [2.24, 2.45) is 0 Å². The first kappa shape index (κ1) is 14.4. The van der Waals surface area contributed by atoms with Crippen molar-refractivity contribution in [1.82, 2.24) is 20.4 Å². The van der Waals surface area contributed by atoms with Crippen molar-refractivity contribution in [3.63, 3.8) is 0 Å². The maximum atomic E-state index is 5.40. The fourth-order valence-corrected chi connectivity index (χ4v) is 1.98. The molecule has 0 spiro atoms. The van der Waals surface area contributed by atoms with Crippen molar-refractivity contribution in [2.45, 2.75) is 19.6 Å². The summed E-state index contributed by atoms with van der Waals surface area (Å²) in [6, 6.07) is 0.176. The van der Waals surface area contributed by atoms with E-state index in [0.717, 1.165) is 25.5 Å². The Morgan fingerprint density at radius 2 is 2.26 bits per heavy atom. The molecule has 1 aliphatic rings. The number of likely N-dealkylation sites (N-methyl/N-ethyl adjacent to an activating group) is 1. The Kier molecular flexibility index (Phi) is 5.71. The predicted molar refractivity (Wildman–Crippen MR) is 68.7 cm³/mol. The highest BCUT2D eigenvalue weighted by Gasteiger charge is 2.25. The summed E-state index contributed by atoms with van der Waals surface area (Å²) in [5.41, 5.74) is 0. The number of aromatic nitrogens is 2. The normalized spacial score (nSPS) is 20.8. The van der Waals surface area contributed by atoms with E-state index < -0.39 is 0 Å². The Bertz CT molecular complexity index is 372. The molecule has 1 aromatic rings. The second-order valence-corrected chi connectivity index (χ2v) is 4.50. The Hall–Kier alpha value is -1.02. The van der Waals surface area contributed by atoms with Crippen LogP contribution < -0.4 is 5.32 Å². The second-order valence-electron chi connectivity index (χ2n) is 4.50. The van der Waals surface area contributed by atoms with Crippen molar-refractivity contribution >= 4 is 0 Å². The number of rotatable bonds is 7. The molecule has 2 heterocycles. The Morgan fingerprint density at radius 3 is 3.05 bits per heavy atom. The van der Waals surface area contributed by atoms with Crippen LogP contribution in [-0.2, 0) is 16.1 Å². The molecule has 0 bridgehead atoms. The number of nitrogens with one attached hydrogen (secondary N) is 1. The number of piperazine rings is 1. The first-order valence-electron chi connectivity index (χ1n) is 6.70. The number of nitrogens with zero attached hydrogens (tertiary/aromatic N) is 3. The van der Waals surface area contributed by atoms with Gasteiger partial charge in [0.25, 0.3) is 5.89 Å². The van der Waals surface area contributed by atoms with E-state index in [1.54, 1.807) is 0 Å². The SMILES string of the molecule is CCOCCOCc1nc(C2CNCCN2C)no1. The van der Waals surface area contributed by atoms with E-state index in [2.05, 4.69) is 27.4 Å². The van der Waals surface area contributed by atoms with Gasteiger partial charge in [0, 0.05) is 26.2 Å². The number of hydrogen-bond donors (Lipinski definition) is 1. The van der Waals surface area contributed by atoms with Gasteiger partial charge in [0.2, 0.25) is 0 Å². The monoisotopic (exact) mass is 270 g/mol. The third-order valence-corrected chi connectivity index (χ3v) is 3.09. The molecule has 1 fully saturated rings. The third-order valence-electron chi connectivity index (χ3n) is 3.09. The number of ether oxygens (including phenoxy) is 2. The van der Waals surface area contributed by atoms with Crippen LogP contribution in [0.5, 0.6) is 0 Å². The average molecular weight is 270 g/mol. The molecule has 0 saturated carbocycles. The summed E-state index contributed by atoms with van der Waals surface area (Å²) in [6.45, 7) is 6.96. The lowest BCUT2D eigenvalue weighted by Gasteiger charge is -2.30. The van der Waals surface area contributed by atoms with Crippen molar-refractivity contribution in [1.29, 1.82) is 0 Å². The molecule has 1 saturated heterocycles. The Labute approximate surface area is 113 Å². The van der Waals surface area contributed by atoms with Crippen LogP contribution in [0.1, 0.15) is 24.7 Å². The molecule has 19 heavy (non-hydrogen) atoms. The van der Waals surface area contributed by atoms with Gasteiger partial charge in [-0.15, -0.1) is 0 Å². The Balaban J connectivity index is 1.78. The van der Waals surface area contributed by atoms with Crippen molar-refractivity contribution in [3.8, 4) is 0 Å². The zero-order valence-corrected chi connectivity index (χ0v) is 11.6. The van der Waals surface area contributed by atoms with Gasteiger partial charge < -0.3 is 19.3 Å². The molecule has 1 aliphatic heterocycles. The van der Waals surface area contributed by atoms with Crippen LogP contribution in [0.3, 0.4) is 0 Å². The molecule has 1 aromatic heterocycles. The van der Waals surface area contributed by atoms with Crippen LogP contribution in [-0.4, -0.2) is 61.5 Å². The predicted octanol–water partition coefficient (Wildman–Crippen LogP) is 0.199. The van der Waals surface area contributed by atoms with E-state index in [1.807, 2.05) is 6.92 Å². The van der Waals surface area contributed by atoms with Gasteiger partial charge in [0.1, 0.15) is 6.61 Å². The van der Waals surface area contributed by atoms with Gasteiger partial charge in [0.05, 0.1) is 19.3 Å². The van der Waals surface area contributed by atoms with Crippen LogP contribution in [0.2, 0.25) is 0 Å². The molecule has 2 rings (SSSR count). The number of hydrogen-bond acceptors (Lipinski definition) is 7. The summed E-state index contributed by atoms with van der Waals surface area (Å²) in [6.07, 6.45) is 0. The van der Waals surface area contributed by atoms with Gasteiger partial charge in [-0.3, -0.25) is 4.90 Å². The molecule has 7 heteroatoms. The minimum Gasteiger partial charge on any atom is -0.379 e. The lowest BCUT2D eigenvalue weighted by Crippen LogP contribution is -2.44. The topological polar surface area (TPSA) is 72.7 Å². The highest BCUT2D eigenvalue weighted by Crippen LogP contribution is 2.17. The molecule has 1 N–H and O–H groups in total. The lowest BCUT2D eigenvalue weighted by atomic mass is 10.2. The smallest absolute Gasteiger partial charge is 0.252 e. The molecule has 7 nitrogen and oxygen atoms in total. The van der Waals surface area contributed by atoms with Crippen LogP contribution in [0.25, 0.3) is 0 Å². The molecule has 0 amide bonds. The summed E-state index contributed by atoms with van der Waals surface area (Å²) in [5.74, 6) is 1.24. The van der Waals surface area contributed by atoms with Crippen molar-refractivity contribution in [2.75, 3.05) is 46.5 Å². The molecule has 0 radical (unpaired) electrons. The van der Waals surface area contributed by atoms with E-state index in [9.17, 15) is 0 Å². The van der Waals surface area contributed by atoms with E-state index in [4.69, 9.17) is 14.0 Å². The van der Waals surface area contributed by atoms with E-state index in [0.29, 0.717) is 32.3 Å². The third kappa shape index (κ3) is 4.24. The van der Waals surface area contributed by atoms with Crippen LogP contribution in [0.4, 0.5) is 0 Å². The van der Waals surface area contributed by atoms with Gasteiger partial charge in [-0.25, -0.2) is 0 Å². The largest absolute Gasteiger partial charge is 0.379 e. The Morgan fingerprint density at radius 1 is 1.42 bits per heavy atom. The fraction of sp³-hybridized carbons (Fsp3) is 0.833. The molecule has 0 aromatic carbocycles. The van der Waals surface area contributed by atoms with Gasteiger partial charge in [-0.2, -0.15) is 4.98 Å². The standard InChI is InChI=1S/C12H22N4O3/c1-3-17-6-7-18-9-11-14-12(15-19-11)10-8-13-4-5-16(10)2/h10,13H,3-9H2,1-2H3. The summed E-state index contributed by atoms with van der Waals surface area (Å²) in [4.78, 5) is 6.60. The molecule has 1 atom stereocenters. The highest BCUT2D eigenvalue weighted by atomic mass is 16.5. The minimum atomic E-state index is 0.176. The summed E-state index contributed by atoms with van der Waals surface area (Å²) in [7, 11) is 2.07. The van der Waals surface area contributed by atoms with Gasteiger partial charge in [0.15, 0.2) is 5.82 Å². The molecule has 1 unspecified atom stereocenters. The van der Waals surface area contributed by atoms with Gasteiger partial charge in [-0.1, -0.05) is 5.16 Å². The fourth-order valence-electron chi connectivity index (χ4n) is 1.98. The molecule has 108 valence electrons. The zero-order valence-electron chi connectivity index (χ0n) is 11.6. The lowest BCUT2D eigenvalue weighted by molar-refractivity contribution is 0.0355. The maximum Gasteiger partial charge on any atom is 0.252 e. The molecular weight excluding hydrogens is 248 g/mol. The first-order valence-corrected chi connectivity index (χ1v) is 6.70. The zero-order chi connectivity index (χ0) is 13.5. The maximum absolute atomic E-state index is 5.40.